The third-order valence-corrected chi connectivity index (χ3v) is 4.78. The van der Waals surface area contributed by atoms with Gasteiger partial charge in [-0.25, -0.2) is 0 Å². The highest BCUT2D eigenvalue weighted by atomic mass is 16.5. The summed E-state index contributed by atoms with van der Waals surface area (Å²) in [6, 6.07) is 15.5. The van der Waals surface area contributed by atoms with Gasteiger partial charge < -0.3 is 15.0 Å². The fourth-order valence-corrected chi connectivity index (χ4v) is 3.01. The second-order valence-electron chi connectivity index (χ2n) is 8.80. The molecule has 0 saturated carbocycles. The van der Waals surface area contributed by atoms with E-state index < -0.39 is 0 Å². The van der Waals surface area contributed by atoms with E-state index in [1.165, 1.54) is 5.56 Å². The van der Waals surface area contributed by atoms with Gasteiger partial charge in [-0.15, -0.1) is 0 Å². The molecule has 162 valence electrons. The molecule has 0 heterocycles. The zero-order valence-corrected chi connectivity index (χ0v) is 19.0. The zero-order chi connectivity index (χ0) is 22.3. The van der Waals surface area contributed by atoms with Crippen molar-refractivity contribution in [2.24, 2.45) is 0 Å². The molecule has 2 aromatic carbocycles. The first-order chi connectivity index (χ1) is 14.1. The van der Waals surface area contributed by atoms with Crippen molar-refractivity contribution in [1.29, 1.82) is 0 Å². The summed E-state index contributed by atoms with van der Waals surface area (Å²) in [5, 5.41) is 2.82. The number of hydrogen-bond acceptors (Lipinski definition) is 3. The van der Waals surface area contributed by atoms with Crippen LogP contribution in [0.3, 0.4) is 0 Å². The molecule has 2 aromatic rings. The first-order valence-electron chi connectivity index (χ1n) is 10.5. The van der Waals surface area contributed by atoms with E-state index in [0.717, 1.165) is 11.3 Å². The Morgan fingerprint density at radius 3 is 2.10 bits per heavy atom. The highest BCUT2D eigenvalue weighted by molar-refractivity contribution is 5.96. The molecule has 0 unspecified atom stereocenters. The van der Waals surface area contributed by atoms with Crippen LogP contribution in [0, 0.1) is 0 Å². The summed E-state index contributed by atoms with van der Waals surface area (Å²) in [4.78, 5) is 26.2. The lowest BCUT2D eigenvalue weighted by atomic mass is 9.87. The Bertz CT molecular complexity index is 834. The van der Waals surface area contributed by atoms with E-state index in [0.29, 0.717) is 18.7 Å². The summed E-state index contributed by atoms with van der Waals surface area (Å²) in [7, 11) is 0. The number of ether oxygens (including phenoxy) is 1. The van der Waals surface area contributed by atoms with Crippen LogP contribution in [-0.4, -0.2) is 35.8 Å². The molecule has 0 bridgehead atoms. The average Bonchev–Trinajstić information content (AvgIpc) is 2.69. The molecule has 0 radical (unpaired) electrons. The number of rotatable bonds is 8. The Labute approximate surface area is 180 Å². The van der Waals surface area contributed by atoms with E-state index >= 15 is 0 Å². The third-order valence-electron chi connectivity index (χ3n) is 4.78. The number of nitrogens with one attached hydrogen (secondary N) is 1. The molecule has 0 aliphatic carbocycles. The van der Waals surface area contributed by atoms with Gasteiger partial charge in [0.25, 0.3) is 5.91 Å². The fraction of sp³-hybridized carbons (Fsp3) is 0.440. The molecule has 0 spiro atoms. The highest BCUT2D eigenvalue weighted by Crippen LogP contribution is 2.24. The minimum atomic E-state index is -0.151. The van der Waals surface area contributed by atoms with E-state index in [-0.39, 0.29) is 29.8 Å². The van der Waals surface area contributed by atoms with Crippen LogP contribution in [0.4, 0.5) is 0 Å². The van der Waals surface area contributed by atoms with Crippen LogP contribution in [0.2, 0.25) is 0 Å². The molecule has 0 saturated heterocycles. The van der Waals surface area contributed by atoms with Crippen molar-refractivity contribution in [3.63, 3.8) is 0 Å². The van der Waals surface area contributed by atoms with Crippen molar-refractivity contribution >= 4 is 11.8 Å². The number of amides is 2. The quantitative estimate of drug-likeness (QED) is 0.695. The van der Waals surface area contributed by atoms with Crippen LogP contribution in [0.25, 0.3) is 0 Å². The predicted octanol–water partition coefficient (Wildman–Crippen LogP) is 4.55. The Kier molecular flexibility index (Phi) is 8.04. The molecule has 0 atom stereocenters. The minimum absolute atomic E-state index is 0.0512. The number of nitrogens with zero attached hydrogens (tertiary/aromatic N) is 1. The number of hydrogen-bond donors (Lipinski definition) is 1. The Hall–Kier alpha value is -2.82. The number of carbonyl (C=O) groups excluding carboxylic acids is 2. The predicted molar refractivity (Wildman–Crippen MR) is 121 cm³/mol. The van der Waals surface area contributed by atoms with Crippen molar-refractivity contribution in [1.82, 2.24) is 10.2 Å². The first-order valence-corrected chi connectivity index (χ1v) is 10.5. The monoisotopic (exact) mass is 410 g/mol. The van der Waals surface area contributed by atoms with Crippen molar-refractivity contribution in [3.8, 4) is 5.75 Å². The molecule has 2 amide bonds. The second-order valence-corrected chi connectivity index (χ2v) is 8.80. The highest BCUT2D eigenvalue weighted by Gasteiger charge is 2.18. The Balaban J connectivity index is 1.95. The lowest BCUT2D eigenvalue weighted by molar-refractivity contribution is -0.122. The van der Waals surface area contributed by atoms with Gasteiger partial charge in [-0.3, -0.25) is 9.59 Å². The fourth-order valence-electron chi connectivity index (χ4n) is 3.01. The summed E-state index contributed by atoms with van der Waals surface area (Å²) >= 11 is 0. The van der Waals surface area contributed by atoms with E-state index in [1.807, 2.05) is 45.0 Å². The summed E-state index contributed by atoms with van der Waals surface area (Å²) in [5.74, 6) is 0.515. The van der Waals surface area contributed by atoms with Gasteiger partial charge in [0.05, 0.1) is 6.54 Å². The van der Waals surface area contributed by atoms with Gasteiger partial charge in [-0.1, -0.05) is 45.0 Å². The standard InChI is InChI=1S/C25H34N2O3/c1-7-27(16-23(28)26-18(2)3)24(29)20-10-8-19(9-11-20)17-30-22-14-12-21(13-15-22)25(4,5)6/h8-15,18H,7,16-17H2,1-6H3,(H,26,28). The molecule has 30 heavy (non-hydrogen) atoms. The van der Waals surface area contributed by atoms with E-state index in [1.54, 1.807) is 17.0 Å². The van der Waals surface area contributed by atoms with Gasteiger partial charge in [0, 0.05) is 18.2 Å². The zero-order valence-electron chi connectivity index (χ0n) is 19.0. The lowest BCUT2D eigenvalue weighted by Crippen LogP contribution is -2.42. The van der Waals surface area contributed by atoms with Gasteiger partial charge in [-0.2, -0.15) is 0 Å². The molecule has 0 aliphatic rings. The van der Waals surface area contributed by atoms with Gasteiger partial charge in [0.2, 0.25) is 5.91 Å². The number of carbonyl (C=O) groups is 2. The van der Waals surface area contributed by atoms with Crippen LogP contribution < -0.4 is 10.1 Å². The number of benzene rings is 2. The molecular weight excluding hydrogens is 376 g/mol. The van der Waals surface area contributed by atoms with Crippen LogP contribution in [0.15, 0.2) is 48.5 Å². The SMILES string of the molecule is CCN(CC(=O)NC(C)C)C(=O)c1ccc(COc2ccc(C(C)(C)C)cc2)cc1. The smallest absolute Gasteiger partial charge is 0.254 e. The van der Waals surface area contributed by atoms with Crippen molar-refractivity contribution in [2.75, 3.05) is 13.1 Å². The average molecular weight is 411 g/mol. The van der Waals surface area contributed by atoms with E-state index in [4.69, 9.17) is 4.74 Å². The Morgan fingerprint density at radius 1 is 1.00 bits per heavy atom. The molecule has 0 aliphatic heterocycles. The normalized spacial score (nSPS) is 11.3. The van der Waals surface area contributed by atoms with E-state index in [2.05, 4.69) is 38.2 Å². The molecule has 1 N–H and O–H groups in total. The molecule has 5 nitrogen and oxygen atoms in total. The van der Waals surface area contributed by atoms with Crippen molar-refractivity contribution < 1.29 is 14.3 Å². The minimum Gasteiger partial charge on any atom is -0.489 e. The molecular formula is C25H34N2O3. The lowest BCUT2D eigenvalue weighted by Gasteiger charge is -2.21. The molecule has 5 heteroatoms. The summed E-state index contributed by atoms with van der Waals surface area (Å²) in [6.45, 7) is 13.2. The van der Waals surface area contributed by atoms with Crippen LogP contribution >= 0.6 is 0 Å². The number of likely N-dealkylation sites (N-methyl/N-ethyl adjacent to an activating group) is 1. The maximum absolute atomic E-state index is 12.7. The first kappa shape index (κ1) is 23.5. The molecule has 0 fully saturated rings. The van der Waals surface area contributed by atoms with Crippen LogP contribution in [0.1, 0.15) is 63.0 Å². The van der Waals surface area contributed by atoms with Crippen LogP contribution in [0.5, 0.6) is 5.75 Å². The van der Waals surface area contributed by atoms with Gasteiger partial charge in [0.15, 0.2) is 0 Å². The largest absolute Gasteiger partial charge is 0.489 e. The van der Waals surface area contributed by atoms with E-state index in [9.17, 15) is 9.59 Å². The Morgan fingerprint density at radius 2 is 1.60 bits per heavy atom. The summed E-state index contributed by atoms with van der Waals surface area (Å²) in [6.07, 6.45) is 0. The van der Waals surface area contributed by atoms with Gasteiger partial charge in [0.1, 0.15) is 12.4 Å². The molecule has 2 rings (SSSR count). The van der Waals surface area contributed by atoms with Crippen molar-refractivity contribution in [3.05, 3.63) is 65.2 Å². The maximum atomic E-state index is 12.7. The van der Waals surface area contributed by atoms with Gasteiger partial charge in [-0.05, 0) is 61.6 Å². The van der Waals surface area contributed by atoms with Crippen LogP contribution in [-0.2, 0) is 16.8 Å². The van der Waals surface area contributed by atoms with Gasteiger partial charge >= 0.3 is 0 Å². The topological polar surface area (TPSA) is 58.6 Å². The second kappa shape index (κ2) is 10.3. The maximum Gasteiger partial charge on any atom is 0.254 e. The molecule has 0 aromatic heterocycles. The van der Waals surface area contributed by atoms with Crippen molar-refractivity contribution in [2.45, 2.75) is 59.6 Å². The third kappa shape index (κ3) is 6.90. The summed E-state index contributed by atoms with van der Waals surface area (Å²) < 4.78 is 5.87. The summed E-state index contributed by atoms with van der Waals surface area (Å²) in [5.41, 5.74) is 2.92.